The Morgan fingerprint density at radius 3 is 2.61 bits per heavy atom. The highest BCUT2D eigenvalue weighted by Gasteiger charge is 2.38. The summed E-state index contributed by atoms with van der Waals surface area (Å²) in [5.41, 5.74) is 0. The summed E-state index contributed by atoms with van der Waals surface area (Å²) < 4.78 is 0.874. The number of hydrogen-bond acceptors (Lipinski definition) is 4. The van der Waals surface area contributed by atoms with Crippen molar-refractivity contribution in [2.75, 3.05) is 6.54 Å². The van der Waals surface area contributed by atoms with Gasteiger partial charge < -0.3 is 10.0 Å². The summed E-state index contributed by atoms with van der Waals surface area (Å²) in [6.07, 6.45) is 1.29. The molecule has 1 N–H and O–H groups in total. The number of Topliss-reactive ketones (excluding diaryl/α,β-unsaturated/α-hetero) is 1. The van der Waals surface area contributed by atoms with E-state index in [9.17, 15) is 19.5 Å². The molecule has 5 nitrogen and oxygen atoms in total. The fraction of sp³-hybridized carbons (Fsp3) is 0.562. The van der Waals surface area contributed by atoms with Gasteiger partial charge in [0.15, 0.2) is 5.78 Å². The first kappa shape index (κ1) is 18.1. The standard InChI is InChI=1S/C16H20BrNO4S/c1-9(2)10(8-12(19)13-5-6-14(17)23-13)15(20)18-7-3-4-11(18)16(21)22/h5-6,9-11H,3-4,7-8H2,1-2H3,(H,21,22)/t10-,11-/m0/s1. The van der Waals surface area contributed by atoms with E-state index in [2.05, 4.69) is 15.9 Å². The van der Waals surface area contributed by atoms with Gasteiger partial charge in [-0.3, -0.25) is 9.59 Å². The molecule has 1 aromatic heterocycles. The number of thiophene rings is 1. The molecule has 7 heteroatoms. The highest BCUT2D eigenvalue weighted by atomic mass is 79.9. The Morgan fingerprint density at radius 1 is 1.39 bits per heavy atom. The zero-order chi connectivity index (χ0) is 17.1. The Labute approximate surface area is 147 Å². The van der Waals surface area contributed by atoms with Gasteiger partial charge in [0.1, 0.15) is 6.04 Å². The first-order valence-electron chi connectivity index (χ1n) is 7.63. The molecule has 0 saturated carbocycles. The van der Waals surface area contributed by atoms with E-state index in [4.69, 9.17) is 0 Å². The Bertz CT molecular complexity index is 613. The van der Waals surface area contributed by atoms with Crippen molar-refractivity contribution in [1.29, 1.82) is 0 Å². The number of amides is 1. The molecule has 1 fully saturated rings. The Morgan fingerprint density at radius 2 is 2.09 bits per heavy atom. The smallest absolute Gasteiger partial charge is 0.326 e. The molecule has 1 amide bonds. The number of rotatable bonds is 6. The van der Waals surface area contributed by atoms with Crippen LogP contribution < -0.4 is 0 Å². The van der Waals surface area contributed by atoms with Crippen LogP contribution in [0.5, 0.6) is 0 Å². The molecule has 2 heterocycles. The van der Waals surface area contributed by atoms with Crippen molar-refractivity contribution >= 4 is 44.9 Å². The van der Waals surface area contributed by atoms with Crippen molar-refractivity contribution in [3.8, 4) is 0 Å². The van der Waals surface area contributed by atoms with Crippen LogP contribution in [0, 0.1) is 11.8 Å². The van der Waals surface area contributed by atoms with Gasteiger partial charge in [0.05, 0.1) is 8.66 Å². The third kappa shape index (κ3) is 4.20. The zero-order valence-corrected chi connectivity index (χ0v) is 15.5. The summed E-state index contributed by atoms with van der Waals surface area (Å²) in [5, 5.41) is 9.25. The van der Waals surface area contributed by atoms with Gasteiger partial charge in [-0.15, -0.1) is 11.3 Å². The predicted octanol–water partition coefficient (Wildman–Crippen LogP) is 3.43. The molecule has 0 aromatic carbocycles. The summed E-state index contributed by atoms with van der Waals surface area (Å²) >= 11 is 4.68. The molecule has 2 atom stereocenters. The molecule has 0 radical (unpaired) electrons. The molecule has 1 aliphatic heterocycles. The number of carbonyl (C=O) groups excluding carboxylic acids is 2. The molecular formula is C16H20BrNO4S. The lowest BCUT2D eigenvalue weighted by molar-refractivity contribution is -0.150. The number of carbonyl (C=O) groups is 3. The summed E-state index contributed by atoms with van der Waals surface area (Å²) in [4.78, 5) is 38.5. The lowest BCUT2D eigenvalue weighted by Crippen LogP contribution is -2.45. The first-order chi connectivity index (χ1) is 10.8. The lowest BCUT2D eigenvalue weighted by atomic mass is 9.88. The molecule has 1 saturated heterocycles. The van der Waals surface area contributed by atoms with E-state index in [1.807, 2.05) is 19.9 Å². The second-order valence-electron chi connectivity index (χ2n) is 6.11. The van der Waals surface area contributed by atoms with Crippen LogP contribution in [0.3, 0.4) is 0 Å². The Hall–Kier alpha value is -1.21. The second kappa shape index (κ2) is 7.57. The van der Waals surface area contributed by atoms with E-state index < -0.39 is 17.9 Å². The van der Waals surface area contributed by atoms with Crippen molar-refractivity contribution in [1.82, 2.24) is 4.90 Å². The molecule has 1 aromatic rings. The maximum atomic E-state index is 12.8. The minimum absolute atomic E-state index is 0.0232. The molecule has 0 bridgehead atoms. The highest BCUT2D eigenvalue weighted by Crippen LogP contribution is 2.29. The zero-order valence-electron chi connectivity index (χ0n) is 13.1. The molecular weight excluding hydrogens is 382 g/mol. The van der Waals surface area contributed by atoms with Crippen LogP contribution in [-0.2, 0) is 9.59 Å². The topological polar surface area (TPSA) is 74.7 Å². The average molecular weight is 402 g/mol. The normalized spacial score (nSPS) is 19.1. The number of nitrogens with zero attached hydrogens (tertiary/aromatic N) is 1. The number of hydrogen-bond donors (Lipinski definition) is 1. The predicted molar refractivity (Wildman–Crippen MR) is 91.7 cm³/mol. The van der Waals surface area contributed by atoms with Gasteiger partial charge in [0, 0.05) is 18.9 Å². The molecule has 0 unspecified atom stereocenters. The van der Waals surface area contributed by atoms with Gasteiger partial charge in [-0.2, -0.15) is 0 Å². The SMILES string of the molecule is CC(C)[C@H](CC(=O)c1ccc(Br)s1)C(=O)N1CCC[C@H]1C(=O)O. The van der Waals surface area contributed by atoms with Gasteiger partial charge in [-0.05, 0) is 46.8 Å². The number of ketones is 1. The van der Waals surface area contributed by atoms with Gasteiger partial charge in [0.25, 0.3) is 0 Å². The van der Waals surface area contributed by atoms with Crippen molar-refractivity contribution in [3.05, 3.63) is 20.8 Å². The maximum absolute atomic E-state index is 12.8. The Kier molecular flexibility index (Phi) is 5.97. The number of likely N-dealkylation sites (tertiary alicyclic amines) is 1. The quantitative estimate of drug-likeness (QED) is 0.740. The molecule has 23 heavy (non-hydrogen) atoms. The Balaban J connectivity index is 2.13. The molecule has 0 aliphatic carbocycles. The van der Waals surface area contributed by atoms with Crippen LogP contribution in [0.15, 0.2) is 15.9 Å². The van der Waals surface area contributed by atoms with Crippen LogP contribution in [-0.4, -0.2) is 40.3 Å². The molecule has 1 aliphatic rings. The minimum atomic E-state index is -0.966. The van der Waals surface area contributed by atoms with Gasteiger partial charge >= 0.3 is 5.97 Å². The van der Waals surface area contributed by atoms with Gasteiger partial charge in [-0.1, -0.05) is 13.8 Å². The van der Waals surface area contributed by atoms with Crippen molar-refractivity contribution in [2.24, 2.45) is 11.8 Å². The summed E-state index contributed by atoms with van der Waals surface area (Å²) in [6, 6.07) is 2.80. The average Bonchev–Trinajstić information content (AvgIpc) is 3.11. The van der Waals surface area contributed by atoms with E-state index >= 15 is 0 Å². The van der Waals surface area contributed by atoms with Crippen LogP contribution in [0.4, 0.5) is 0 Å². The van der Waals surface area contributed by atoms with Crippen LogP contribution in [0.25, 0.3) is 0 Å². The van der Waals surface area contributed by atoms with Gasteiger partial charge in [0.2, 0.25) is 5.91 Å². The van der Waals surface area contributed by atoms with E-state index in [1.165, 1.54) is 16.2 Å². The third-order valence-electron chi connectivity index (χ3n) is 4.20. The fourth-order valence-electron chi connectivity index (χ4n) is 2.87. The monoisotopic (exact) mass is 401 g/mol. The summed E-state index contributed by atoms with van der Waals surface area (Å²) in [7, 11) is 0. The van der Waals surface area contributed by atoms with E-state index in [1.54, 1.807) is 6.07 Å². The summed E-state index contributed by atoms with van der Waals surface area (Å²) in [6.45, 7) is 4.25. The maximum Gasteiger partial charge on any atom is 0.326 e. The largest absolute Gasteiger partial charge is 0.480 e. The van der Waals surface area contributed by atoms with Crippen molar-refractivity contribution in [2.45, 2.75) is 39.2 Å². The fourth-order valence-corrected chi connectivity index (χ4v) is 4.21. The van der Waals surface area contributed by atoms with Gasteiger partial charge in [-0.25, -0.2) is 4.79 Å². The van der Waals surface area contributed by atoms with E-state index in [0.29, 0.717) is 24.3 Å². The first-order valence-corrected chi connectivity index (χ1v) is 9.24. The number of carboxylic acid groups (broad SMARTS) is 1. The van der Waals surface area contributed by atoms with Crippen molar-refractivity contribution in [3.63, 3.8) is 0 Å². The van der Waals surface area contributed by atoms with Crippen LogP contribution in [0.1, 0.15) is 42.8 Å². The number of aliphatic carboxylic acids is 1. The summed E-state index contributed by atoms with van der Waals surface area (Å²) in [5.74, 6) is -1.76. The molecule has 126 valence electrons. The lowest BCUT2D eigenvalue weighted by Gasteiger charge is -2.28. The number of halogens is 1. The molecule has 0 spiro atoms. The number of carboxylic acids is 1. The van der Waals surface area contributed by atoms with Crippen molar-refractivity contribution < 1.29 is 19.5 Å². The van der Waals surface area contributed by atoms with E-state index in [-0.39, 0.29) is 24.0 Å². The minimum Gasteiger partial charge on any atom is -0.480 e. The highest BCUT2D eigenvalue weighted by molar-refractivity contribution is 9.11. The van der Waals surface area contributed by atoms with Crippen LogP contribution >= 0.6 is 27.3 Å². The third-order valence-corrected chi connectivity index (χ3v) is 5.86. The molecule has 2 rings (SSSR count). The van der Waals surface area contributed by atoms with Crippen LogP contribution in [0.2, 0.25) is 0 Å². The second-order valence-corrected chi connectivity index (χ2v) is 8.57. The van der Waals surface area contributed by atoms with E-state index in [0.717, 1.165) is 3.79 Å².